The molecule has 0 atom stereocenters. The molecule has 0 bridgehead atoms. The van der Waals surface area contributed by atoms with Crippen LogP contribution in [0.3, 0.4) is 0 Å². The van der Waals surface area contributed by atoms with Gasteiger partial charge in [0.25, 0.3) is 0 Å². The number of imidazole rings is 1. The van der Waals surface area contributed by atoms with Crippen LogP contribution < -0.4 is 0 Å². The van der Waals surface area contributed by atoms with Gasteiger partial charge in [-0.15, -0.1) is 10.2 Å². The molecular weight excluding hydrogens is 288 g/mol. The van der Waals surface area contributed by atoms with Gasteiger partial charge in [-0.3, -0.25) is 4.40 Å². The fourth-order valence-corrected chi connectivity index (χ4v) is 2.22. The van der Waals surface area contributed by atoms with Crippen molar-refractivity contribution in [3.63, 3.8) is 0 Å². The molecule has 2 aromatic heterocycles. The van der Waals surface area contributed by atoms with Gasteiger partial charge in [-0.05, 0) is 43.7 Å². The first-order chi connectivity index (χ1) is 10.0. The molecule has 0 saturated heterocycles. The van der Waals surface area contributed by atoms with Crippen LogP contribution in [0.15, 0.2) is 46.8 Å². The first-order valence-corrected chi connectivity index (χ1v) is 6.78. The molecule has 0 radical (unpaired) electrons. The highest BCUT2D eigenvalue weighted by Gasteiger charge is 2.08. The topological polar surface area (TPSA) is 62.2 Å². The van der Waals surface area contributed by atoms with E-state index < -0.39 is 0 Å². The molecule has 2 heterocycles. The van der Waals surface area contributed by atoms with Gasteiger partial charge in [-0.2, -0.15) is 0 Å². The molecule has 0 aliphatic carbocycles. The van der Waals surface area contributed by atoms with Gasteiger partial charge in [-0.1, -0.05) is 17.7 Å². The van der Waals surface area contributed by atoms with Crippen molar-refractivity contribution >= 4 is 28.8 Å². The number of azo groups is 1. The van der Waals surface area contributed by atoms with Gasteiger partial charge < -0.3 is 5.11 Å². The summed E-state index contributed by atoms with van der Waals surface area (Å²) in [6.07, 6.45) is 1.95. The predicted octanol–water partition coefficient (Wildman–Crippen LogP) is 4.73. The van der Waals surface area contributed by atoms with Crippen molar-refractivity contribution in [1.82, 2.24) is 9.38 Å². The summed E-state index contributed by atoms with van der Waals surface area (Å²) < 4.78 is 1.87. The van der Waals surface area contributed by atoms with Crippen molar-refractivity contribution in [1.29, 1.82) is 0 Å². The number of nitrogens with zero attached hydrogens (tertiary/aromatic N) is 4. The van der Waals surface area contributed by atoms with Gasteiger partial charge in [0.2, 0.25) is 0 Å². The maximum Gasteiger partial charge on any atom is 0.182 e. The number of aryl methyl sites for hydroxylation is 2. The van der Waals surface area contributed by atoms with E-state index in [2.05, 4.69) is 15.2 Å². The molecule has 0 amide bonds. The second kappa shape index (κ2) is 5.18. The molecule has 0 fully saturated rings. The molecule has 6 heteroatoms. The SMILES string of the molecule is Cc1ccc2nc(C)c(N=Nc3cc(Cl)ccc3O)n2c1. The first kappa shape index (κ1) is 13.6. The molecule has 1 aromatic carbocycles. The lowest BCUT2D eigenvalue weighted by Crippen LogP contribution is -1.84. The average Bonchev–Trinajstić information content (AvgIpc) is 2.75. The van der Waals surface area contributed by atoms with Crippen molar-refractivity contribution in [3.8, 4) is 5.75 Å². The third-order valence-electron chi connectivity index (χ3n) is 3.10. The Morgan fingerprint density at radius 2 is 1.95 bits per heavy atom. The Morgan fingerprint density at radius 1 is 1.14 bits per heavy atom. The van der Waals surface area contributed by atoms with E-state index in [0.29, 0.717) is 16.5 Å². The Bertz CT molecular complexity index is 854. The van der Waals surface area contributed by atoms with Gasteiger partial charge in [0, 0.05) is 11.2 Å². The van der Waals surface area contributed by atoms with E-state index in [1.807, 2.05) is 36.6 Å². The monoisotopic (exact) mass is 300 g/mol. The number of pyridine rings is 1. The Labute approximate surface area is 126 Å². The number of aromatic nitrogens is 2. The van der Waals surface area contributed by atoms with Crippen molar-refractivity contribution < 1.29 is 5.11 Å². The Kier molecular flexibility index (Phi) is 3.35. The van der Waals surface area contributed by atoms with Gasteiger partial charge in [0.05, 0.1) is 5.69 Å². The average molecular weight is 301 g/mol. The predicted molar refractivity (Wildman–Crippen MR) is 82.0 cm³/mol. The van der Waals surface area contributed by atoms with Crippen LogP contribution in [-0.2, 0) is 0 Å². The maximum absolute atomic E-state index is 9.76. The molecule has 0 saturated carbocycles. The smallest absolute Gasteiger partial charge is 0.182 e. The van der Waals surface area contributed by atoms with Crippen LogP contribution in [0.5, 0.6) is 5.75 Å². The minimum absolute atomic E-state index is 0.0332. The highest BCUT2D eigenvalue weighted by Crippen LogP contribution is 2.31. The van der Waals surface area contributed by atoms with E-state index in [9.17, 15) is 5.11 Å². The van der Waals surface area contributed by atoms with Crippen LogP contribution in [0.4, 0.5) is 11.5 Å². The zero-order valence-electron chi connectivity index (χ0n) is 11.6. The number of aromatic hydroxyl groups is 1. The molecule has 106 valence electrons. The Balaban J connectivity index is 2.09. The van der Waals surface area contributed by atoms with E-state index in [4.69, 9.17) is 11.6 Å². The molecule has 21 heavy (non-hydrogen) atoms. The highest BCUT2D eigenvalue weighted by atomic mass is 35.5. The number of halogens is 1. The number of hydrogen-bond donors (Lipinski definition) is 1. The minimum Gasteiger partial charge on any atom is -0.506 e. The third-order valence-corrected chi connectivity index (χ3v) is 3.33. The number of benzene rings is 1. The van der Waals surface area contributed by atoms with Crippen LogP contribution in [0.2, 0.25) is 5.02 Å². The van der Waals surface area contributed by atoms with Crippen molar-refractivity contribution in [2.75, 3.05) is 0 Å². The summed E-state index contributed by atoms with van der Waals surface area (Å²) in [7, 11) is 0. The second-order valence-electron chi connectivity index (χ2n) is 4.79. The summed E-state index contributed by atoms with van der Waals surface area (Å²) in [6.45, 7) is 3.87. The normalized spacial score (nSPS) is 11.6. The van der Waals surface area contributed by atoms with Crippen LogP contribution in [-0.4, -0.2) is 14.5 Å². The van der Waals surface area contributed by atoms with Crippen LogP contribution in [0, 0.1) is 13.8 Å². The summed E-state index contributed by atoms with van der Waals surface area (Å²) in [5, 5.41) is 18.5. The van der Waals surface area contributed by atoms with Crippen molar-refractivity contribution in [2.45, 2.75) is 13.8 Å². The zero-order valence-corrected chi connectivity index (χ0v) is 12.3. The number of rotatable bonds is 2. The molecule has 1 N–H and O–H groups in total. The van der Waals surface area contributed by atoms with Crippen LogP contribution in [0.1, 0.15) is 11.3 Å². The second-order valence-corrected chi connectivity index (χ2v) is 5.22. The highest BCUT2D eigenvalue weighted by molar-refractivity contribution is 6.30. The zero-order chi connectivity index (χ0) is 15.0. The lowest BCUT2D eigenvalue weighted by atomic mass is 10.3. The van der Waals surface area contributed by atoms with Gasteiger partial charge in [0.15, 0.2) is 5.82 Å². The molecule has 3 rings (SSSR count). The third kappa shape index (κ3) is 2.60. The summed E-state index contributed by atoms with van der Waals surface area (Å²) in [5.74, 6) is 0.666. The number of phenolic OH excluding ortho intramolecular Hbond substituents is 1. The number of phenols is 1. The van der Waals surface area contributed by atoms with Gasteiger partial charge in [-0.25, -0.2) is 4.98 Å². The molecule has 5 nitrogen and oxygen atoms in total. The van der Waals surface area contributed by atoms with Gasteiger partial charge in [0.1, 0.15) is 17.1 Å². The molecular formula is C15H13ClN4O. The summed E-state index contributed by atoms with van der Waals surface area (Å²) >= 11 is 5.89. The van der Waals surface area contributed by atoms with E-state index in [1.165, 1.54) is 6.07 Å². The number of fused-ring (bicyclic) bond motifs is 1. The Morgan fingerprint density at radius 3 is 2.76 bits per heavy atom. The van der Waals surface area contributed by atoms with Gasteiger partial charge >= 0.3 is 0 Å². The molecule has 0 unspecified atom stereocenters. The summed E-state index contributed by atoms with van der Waals surface area (Å²) in [6, 6.07) is 8.56. The lowest BCUT2D eigenvalue weighted by molar-refractivity contribution is 0.476. The van der Waals surface area contributed by atoms with E-state index in [0.717, 1.165) is 16.9 Å². The summed E-state index contributed by atoms with van der Waals surface area (Å²) in [5.41, 5.74) is 3.00. The number of hydrogen-bond acceptors (Lipinski definition) is 4. The molecule has 0 aliphatic rings. The van der Waals surface area contributed by atoms with Crippen LogP contribution in [0.25, 0.3) is 5.65 Å². The standard InChI is InChI=1S/C15H13ClN4O/c1-9-3-6-14-17-10(2)15(20(14)8-9)19-18-12-7-11(16)4-5-13(12)21/h3-8,21H,1-2H3. The Hall–Kier alpha value is -2.40. The quantitative estimate of drug-likeness (QED) is 0.696. The molecule has 3 aromatic rings. The molecule has 0 aliphatic heterocycles. The van der Waals surface area contributed by atoms with Crippen molar-refractivity contribution in [3.05, 3.63) is 52.8 Å². The first-order valence-electron chi connectivity index (χ1n) is 6.40. The van der Waals surface area contributed by atoms with Crippen molar-refractivity contribution in [2.24, 2.45) is 10.2 Å². The maximum atomic E-state index is 9.76. The minimum atomic E-state index is 0.0332. The van der Waals surface area contributed by atoms with E-state index >= 15 is 0 Å². The van der Waals surface area contributed by atoms with E-state index in [-0.39, 0.29) is 5.75 Å². The fourth-order valence-electron chi connectivity index (χ4n) is 2.05. The largest absolute Gasteiger partial charge is 0.506 e. The lowest BCUT2D eigenvalue weighted by Gasteiger charge is -2.00. The molecule has 0 spiro atoms. The van der Waals surface area contributed by atoms with Crippen LogP contribution >= 0.6 is 11.6 Å². The fraction of sp³-hybridized carbons (Fsp3) is 0.133. The van der Waals surface area contributed by atoms with E-state index in [1.54, 1.807) is 12.1 Å². The summed E-state index contributed by atoms with van der Waals surface area (Å²) in [4.78, 5) is 4.43.